The van der Waals surface area contributed by atoms with Gasteiger partial charge in [-0.05, 0) is 37.5 Å². The van der Waals surface area contributed by atoms with Crippen LogP contribution in [0.3, 0.4) is 0 Å². The van der Waals surface area contributed by atoms with Gasteiger partial charge in [0.05, 0.1) is 16.9 Å². The molecule has 0 fully saturated rings. The van der Waals surface area contributed by atoms with E-state index in [1.165, 1.54) is 12.4 Å². The number of anilines is 1. The number of ether oxygens (including phenoxy) is 1. The Hall–Kier alpha value is -2.31. The maximum Gasteiger partial charge on any atom is 0.416 e. The summed E-state index contributed by atoms with van der Waals surface area (Å²) in [7, 11) is 0. The number of nitrogens with zero attached hydrogens (tertiary/aromatic N) is 2. The highest BCUT2D eigenvalue weighted by molar-refractivity contribution is 5.56. The fourth-order valence-corrected chi connectivity index (χ4v) is 2.34. The van der Waals surface area contributed by atoms with Crippen LogP contribution in [0.1, 0.15) is 23.2 Å². The lowest BCUT2D eigenvalue weighted by molar-refractivity contribution is -0.137. The maximum atomic E-state index is 12.6. The summed E-state index contributed by atoms with van der Waals surface area (Å²) in [4.78, 5) is 8.21. The number of fused-ring (bicyclic) bond motifs is 1. The Kier molecular flexibility index (Phi) is 3.19. The zero-order valence-electron chi connectivity index (χ0n) is 10.9. The highest BCUT2D eigenvalue weighted by atomic mass is 19.4. The van der Waals surface area contributed by atoms with Crippen LogP contribution in [0.4, 0.5) is 18.9 Å². The van der Waals surface area contributed by atoms with E-state index < -0.39 is 11.7 Å². The number of aryl methyl sites for hydroxylation is 1. The zero-order valence-corrected chi connectivity index (χ0v) is 10.9. The number of nitrogens with two attached hydrogens (primary N) is 1. The van der Waals surface area contributed by atoms with Crippen molar-refractivity contribution in [3.05, 3.63) is 41.3 Å². The van der Waals surface area contributed by atoms with Crippen LogP contribution in [-0.2, 0) is 19.0 Å². The Bertz CT molecular complexity index is 686. The minimum Gasteiger partial charge on any atom is -0.436 e. The van der Waals surface area contributed by atoms with Crippen LogP contribution in [0.5, 0.6) is 11.6 Å². The Balaban J connectivity index is 1.91. The standard InChI is InChI=1S/C14H12F3N3O/c15-14(16,17)8-4-5-12(10(18)6-8)21-13-9-2-1-3-11(9)19-7-20-13/h4-7H,1-3,18H2. The van der Waals surface area contributed by atoms with Crippen molar-refractivity contribution in [3.63, 3.8) is 0 Å². The number of aromatic nitrogens is 2. The topological polar surface area (TPSA) is 61.0 Å². The molecule has 1 aliphatic carbocycles. The maximum absolute atomic E-state index is 12.6. The minimum absolute atomic E-state index is 0.0739. The summed E-state index contributed by atoms with van der Waals surface area (Å²) in [6, 6.07) is 3.01. The van der Waals surface area contributed by atoms with Crippen molar-refractivity contribution < 1.29 is 17.9 Å². The van der Waals surface area contributed by atoms with Gasteiger partial charge in [-0.1, -0.05) is 0 Å². The first-order valence-corrected chi connectivity index (χ1v) is 6.42. The largest absolute Gasteiger partial charge is 0.436 e. The summed E-state index contributed by atoms with van der Waals surface area (Å²) in [5, 5.41) is 0. The second-order valence-electron chi connectivity index (χ2n) is 4.81. The fraction of sp³-hybridized carbons (Fsp3) is 0.286. The Labute approximate surface area is 118 Å². The van der Waals surface area contributed by atoms with E-state index in [0.717, 1.165) is 42.7 Å². The lowest BCUT2D eigenvalue weighted by Crippen LogP contribution is -2.06. The molecule has 0 spiro atoms. The van der Waals surface area contributed by atoms with Gasteiger partial charge in [-0.25, -0.2) is 9.97 Å². The van der Waals surface area contributed by atoms with Crippen LogP contribution < -0.4 is 10.5 Å². The molecule has 3 rings (SSSR count). The molecule has 7 heteroatoms. The van der Waals surface area contributed by atoms with Crippen LogP contribution in [-0.4, -0.2) is 9.97 Å². The summed E-state index contributed by atoms with van der Waals surface area (Å²) < 4.78 is 43.3. The van der Waals surface area contributed by atoms with Crippen LogP contribution >= 0.6 is 0 Å². The highest BCUT2D eigenvalue weighted by Crippen LogP contribution is 2.36. The predicted molar refractivity (Wildman–Crippen MR) is 70.0 cm³/mol. The van der Waals surface area contributed by atoms with Gasteiger partial charge in [-0.3, -0.25) is 0 Å². The molecular weight excluding hydrogens is 283 g/mol. The third-order valence-electron chi connectivity index (χ3n) is 3.38. The lowest BCUT2D eigenvalue weighted by atomic mass is 10.2. The first-order valence-electron chi connectivity index (χ1n) is 6.42. The number of nitrogen functional groups attached to an aromatic ring is 1. The second kappa shape index (κ2) is 4.91. The summed E-state index contributed by atoms with van der Waals surface area (Å²) in [5.74, 6) is 0.528. The first-order chi connectivity index (χ1) is 9.95. The molecular formula is C14H12F3N3O. The van der Waals surface area contributed by atoms with Crippen molar-refractivity contribution >= 4 is 5.69 Å². The molecule has 0 unspecified atom stereocenters. The molecule has 0 saturated heterocycles. The molecule has 110 valence electrons. The molecule has 2 N–H and O–H groups in total. The third-order valence-corrected chi connectivity index (χ3v) is 3.38. The summed E-state index contributed by atoms with van der Waals surface area (Å²) in [5.41, 5.74) is 6.59. The van der Waals surface area contributed by atoms with Gasteiger partial charge in [0.25, 0.3) is 0 Å². The molecule has 1 heterocycles. The van der Waals surface area contributed by atoms with Crippen molar-refractivity contribution in [2.45, 2.75) is 25.4 Å². The molecule has 0 aliphatic heterocycles. The van der Waals surface area contributed by atoms with Gasteiger partial charge >= 0.3 is 6.18 Å². The molecule has 0 saturated carbocycles. The summed E-state index contributed by atoms with van der Waals surface area (Å²) in [6.07, 6.45) is -0.418. The average molecular weight is 295 g/mol. The van der Waals surface area contributed by atoms with Crippen molar-refractivity contribution in [3.8, 4) is 11.6 Å². The van der Waals surface area contributed by atoms with E-state index in [0.29, 0.717) is 5.88 Å². The van der Waals surface area contributed by atoms with Gasteiger partial charge in [0.15, 0.2) is 5.75 Å². The predicted octanol–water partition coefficient (Wildman–Crippen LogP) is 3.36. The molecule has 1 aliphatic rings. The Morgan fingerprint density at radius 2 is 1.95 bits per heavy atom. The zero-order chi connectivity index (χ0) is 15.0. The second-order valence-corrected chi connectivity index (χ2v) is 4.81. The molecule has 1 aromatic heterocycles. The van der Waals surface area contributed by atoms with E-state index >= 15 is 0 Å². The molecule has 2 aromatic rings. The van der Waals surface area contributed by atoms with Crippen molar-refractivity contribution in [1.29, 1.82) is 0 Å². The minimum atomic E-state index is -4.43. The van der Waals surface area contributed by atoms with E-state index in [-0.39, 0.29) is 11.4 Å². The van der Waals surface area contributed by atoms with Crippen LogP contribution in [0, 0.1) is 0 Å². The van der Waals surface area contributed by atoms with Gasteiger partial charge in [-0.15, -0.1) is 0 Å². The van der Waals surface area contributed by atoms with E-state index in [1.807, 2.05) is 0 Å². The van der Waals surface area contributed by atoms with Crippen molar-refractivity contribution in [2.24, 2.45) is 0 Å². The van der Waals surface area contributed by atoms with E-state index in [1.54, 1.807) is 0 Å². The van der Waals surface area contributed by atoms with Crippen LogP contribution in [0.2, 0.25) is 0 Å². The van der Waals surface area contributed by atoms with E-state index in [2.05, 4.69) is 9.97 Å². The molecule has 0 amide bonds. The smallest absolute Gasteiger partial charge is 0.416 e. The molecule has 1 aromatic carbocycles. The fourth-order valence-electron chi connectivity index (χ4n) is 2.34. The molecule has 0 radical (unpaired) electrons. The first kappa shape index (κ1) is 13.7. The quantitative estimate of drug-likeness (QED) is 0.863. The Morgan fingerprint density at radius 1 is 1.14 bits per heavy atom. The van der Waals surface area contributed by atoms with E-state index in [9.17, 15) is 13.2 Å². The summed E-state index contributed by atoms with van der Waals surface area (Å²) >= 11 is 0. The summed E-state index contributed by atoms with van der Waals surface area (Å²) in [6.45, 7) is 0. The number of hydrogen-bond donors (Lipinski definition) is 1. The van der Waals surface area contributed by atoms with Crippen molar-refractivity contribution in [1.82, 2.24) is 9.97 Å². The van der Waals surface area contributed by atoms with Crippen LogP contribution in [0.25, 0.3) is 0 Å². The molecule has 0 bridgehead atoms. The van der Waals surface area contributed by atoms with Crippen molar-refractivity contribution in [2.75, 3.05) is 5.73 Å². The van der Waals surface area contributed by atoms with Gasteiger partial charge in [-0.2, -0.15) is 13.2 Å². The number of halogens is 3. The third kappa shape index (κ3) is 2.63. The monoisotopic (exact) mass is 295 g/mol. The van der Waals surface area contributed by atoms with E-state index in [4.69, 9.17) is 10.5 Å². The normalized spacial score (nSPS) is 14.0. The molecule has 4 nitrogen and oxygen atoms in total. The Morgan fingerprint density at radius 3 is 2.67 bits per heavy atom. The van der Waals surface area contributed by atoms with Gasteiger partial charge < -0.3 is 10.5 Å². The SMILES string of the molecule is Nc1cc(C(F)(F)F)ccc1Oc1ncnc2c1CCC2. The van der Waals surface area contributed by atoms with Gasteiger partial charge in [0.2, 0.25) is 5.88 Å². The average Bonchev–Trinajstić information content (AvgIpc) is 2.89. The molecule has 21 heavy (non-hydrogen) atoms. The number of alkyl halides is 3. The van der Waals surface area contributed by atoms with Gasteiger partial charge in [0.1, 0.15) is 6.33 Å². The highest BCUT2D eigenvalue weighted by Gasteiger charge is 2.31. The number of rotatable bonds is 2. The van der Waals surface area contributed by atoms with Gasteiger partial charge in [0, 0.05) is 5.56 Å². The molecule has 0 atom stereocenters. The number of benzene rings is 1. The van der Waals surface area contributed by atoms with Crippen LogP contribution in [0.15, 0.2) is 24.5 Å². The lowest BCUT2D eigenvalue weighted by Gasteiger charge is -2.12. The number of hydrogen-bond acceptors (Lipinski definition) is 4.